The molecule has 1 aliphatic heterocycles. The molecule has 0 atom stereocenters. The van der Waals surface area contributed by atoms with Crippen molar-refractivity contribution in [2.24, 2.45) is 5.41 Å². The second-order valence-corrected chi connectivity index (χ2v) is 8.89. The average molecular weight is 466 g/mol. The molecule has 2 fully saturated rings. The number of carboxylic acid groups (broad SMARTS) is 1. The second kappa shape index (κ2) is 8.77. The van der Waals surface area contributed by atoms with Crippen LogP contribution in [0, 0.1) is 11.2 Å². The quantitative estimate of drug-likeness (QED) is 0.562. The van der Waals surface area contributed by atoms with E-state index in [9.17, 15) is 14.0 Å². The SMILES string of the molecule is O=C(NC1CC2(CCN(c3ccc(-c4ccc(F)cc4)cn3)C2)C1)OCc1cc(C(=O)O)no1. The lowest BCUT2D eigenvalue weighted by Gasteiger charge is -2.45. The number of carboxylic acids is 1. The molecule has 1 aliphatic carbocycles. The summed E-state index contributed by atoms with van der Waals surface area (Å²) in [7, 11) is 0. The number of aromatic carboxylic acids is 1. The van der Waals surface area contributed by atoms with Crippen molar-refractivity contribution in [3.05, 3.63) is 65.9 Å². The number of amides is 1. The van der Waals surface area contributed by atoms with Crippen LogP contribution in [-0.2, 0) is 11.3 Å². The lowest BCUT2D eigenvalue weighted by molar-refractivity contribution is 0.0683. The average Bonchev–Trinajstić information content (AvgIpc) is 3.46. The summed E-state index contributed by atoms with van der Waals surface area (Å²) in [6.45, 7) is 1.59. The lowest BCUT2D eigenvalue weighted by Crippen LogP contribution is -2.52. The van der Waals surface area contributed by atoms with Gasteiger partial charge in [0.05, 0.1) is 0 Å². The zero-order valence-corrected chi connectivity index (χ0v) is 18.2. The minimum atomic E-state index is -1.20. The van der Waals surface area contributed by atoms with Gasteiger partial charge in [0.15, 0.2) is 18.1 Å². The molecular formula is C24H23FN4O5. The molecule has 3 heterocycles. The molecule has 2 N–H and O–H groups in total. The minimum Gasteiger partial charge on any atom is -0.476 e. The third-order valence-corrected chi connectivity index (χ3v) is 6.49. The van der Waals surface area contributed by atoms with Crippen LogP contribution in [0.1, 0.15) is 35.5 Å². The van der Waals surface area contributed by atoms with Crippen LogP contribution in [0.3, 0.4) is 0 Å². The fraction of sp³-hybridized carbons (Fsp3) is 0.333. The first-order valence-electron chi connectivity index (χ1n) is 11.0. The van der Waals surface area contributed by atoms with Gasteiger partial charge in [-0.15, -0.1) is 0 Å². The molecule has 2 aliphatic rings. The van der Waals surface area contributed by atoms with Crippen LogP contribution >= 0.6 is 0 Å². The zero-order chi connectivity index (χ0) is 23.7. The first-order chi connectivity index (χ1) is 16.4. The van der Waals surface area contributed by atoms with E-state index in [1.807, 2.05) is 18.3 Å². The maximum absolute atomic E-state index is 13.1. The third-order valence-electron chi connectivity index (χ3n) is 6.49. The van der Waals surface area contributed by atoms with Gasteiger partial charge in [0.2, 0.25) is 0 Å². The molecule has 0 radical (unpaired) electrons. The van der Waals surface area contributed by atoms with E-state index in [1.54, 1.807) is 12.1 Å². The van der Waals surface area contributed by atoms with E-state index in [1.165, 1.54) is 18.2 Å². The number of anilines is 1. The first kappa shape index (κ1) is 21.9. The Labute approximate surface area is 194 Å². The van der Waals surface area contributed by atoms with E-state index in [-0.39, 0.29) is 35.3 Å². The molecule has 1 saturated carbocycles. The number of hydrogen-bond acceptors (Lipinski definition) is 7. The zero-order valence-electron chi connectivity index (χ0n) is 18.2. The Kier molecular flexibility index (Phi) is 5.64. The number of pyridine rings is 1. The number of rotatable bonds is 6. The molecule has 1 amide bonds. The van der Waals surface area contributed by atoms with Gasteiger partial charge in [-0.25, -0.2) is 19.0 Å². The van der Waals surface area contributed by atoms with Gasteiger partial charge in [-0.05, 0) is 54.5 Å². The first-order valence-corrected chi connectivity index (χ1v) is 11.0. The van der Waals surface area contributed by atoms with Gasteiger partial charge in [-0.1, -0.05) is 17.3 Å². The molecule has 34 heavy (non-hydrogen) atoms. The van der Waals surface area contributed by atoms with Gasteiger partial charge < -0.3 is 24.6 Å². The third kappa shape index (κ3) is 4.57. The van der Waals surface area contributed by atoms with Crippen molar-refractivity contribution in [3.8, 4) is 11.1 Å². The smallest absolute Gasteiger partial charge is 0.407 e. The van der Waals surface area contributed by atoms with Crippen molar-refractivity contribution in [2.75, 3.05) is 18.0 Å². The van der Waals surface area contributed by atoms with Crippen LogP contribution in [0.4, 0.5) is 15.0 Å². The summed E-state index contributed by atoms with van der Waals surface area (Å²) in [4.78, 5) is 29.7. The van der Waals surface area contributed by atoms with Crippen LogP contribution in [0.25, 0.3) is 11.1 Å². The van der Waals surface area contributed by atoms with Crippen LogP contribution in [0.15, 0.2) is 53.2 Å². The number of nitrogens with zero attached hydrogens (tertiary/aromatic N) is 3. The van der Waals surface area contributed by atoms with Gasteiger partial charge in [0.1, 0.15) is 11.6 Å². The Hall–Kier alpha value is -3.95. The topological polar surface area (TPSA) is 118 Å². The Morgan fingerprint density at radius 1 is 1.21 bits per heavy atom. The fourth-order valence-corrected chi connectivity index (χ4v) is 4.76. The molecule has 1 spiro atoms. The van der Waals surface area contributed by atoms with Crippen molar-refractivity contribution < 1.29 is 28.3 Å². The number of carbonyl (C=O) groups excluding carboxylic acids is 1. The Morgan fingerprint density at radius 2 is 1.97 bits per heavy atom. The monoisotopic (exact) mass is 466 g/mol. The second-order valence-electron chi connectivity index (χ2n) is 8.89. The molecule has 1 saturated heterocycles. The Bertz CT molecular complexity index is 1190. The number of ether oxygens (including phenoxy) is 1. The van der Waals surface area contributed by atoms with Crippen molar-refractivity contribution in [1.29, 1.82) is 0 Å². The van der Waals surface area contributed by atoms with Crippen molar-refractivity contribution >= 4 is 17.9 Å². The summed E-state index contributed by atoms with van der Waals surface area (Å²) in [5.41, 5.74) is 1.78. The maximum atomic E-state index is 13.1. The van der Waals surface area contributed by atoms with Crippen LogP contribution in [-0.4, -0.2) is 46.4 Å². The summed E-state index contributed by atoms with van der Waals surface area (Å²) in [5.74, 6) is -0.390. The number of carbonyl (C=O) groups is 2. The highest BCUT2D eigenvalue weighted by atomic mass is 19.1. The number of hydrogen-bond donors (Lipinski definition) is 2. The summed E-state index contributed by atoms with van der Waals surface area (Å²) in [6, 6.07) is 11.6. The van der Waals surface area contributed by atoms with Crippen molar-refractivity contribution in [1.82, 2.24) is 15.5 Å². The predicted molar refractivity (Wildman–Crippen MR) is 119 cm³/mol. The summed E-state index contributed by atoms with van der Waals surface area (Å²) < 4.78 is 23.1. The Balaban J connectivity index is 1.09. The molecule has 176 valence electrons. The normalized spacial score (nSPS) is 21.3. The number of nitrogens with one attached hydrogen (secondary N) is 1. The van der Waals surface area contributed by atoms with E-state index in [0.717, 1.165) is 49.3 Å². The number of aromatic nitrogens is 2. The van der Waals surface area contributed by atoms with Crippen molar-refractivity contribution in [3.63, 3.8) is 0 Å². The Morgan fingerprint density at radius 3 is 2.65 bits per heavy atom. The lowest BCUT2D eigenvalue weighted by atomic mass is 9.65. The van der Waals surface area contributed by atoms with E-state index in [4.69, 9.17) is 14.4 Å². The van der Waals surface area contributed by atoms with E-state index < -0.39 is 12.1 Å². The molecule has 3 aromatic rings. The van der Waals surface area contributed by atoms with E-state index in [0.29, 0.717) is 0 Å². The van der Waals surface area contributed by atoms with Crippen LogP contribution in [0.5, 0.6) is 0 Å². The molecule has 0 bridgehead atoms. The van der Waals surface area contributed by atoms with E-state index in [2.05, 4.69) is 20.4 Å². The molecule has 1 aromatic carbocycles. The largest absolute Gasteiger partial charge is 0.476 e. The van der Waals surface area contributed by atoms with Gasteiger partial charge in [0.25, 0.3) is 0 Å². The van der Waals surface area contributed by atoms with Gasteiger partial charge in [-0.3, -0.25) is 0 Å². The molecular weight excluding hydrogens is 443 g/mol. The van der Waals surface area contributed by atoms with Crippen molar-refractivity contribution in [2.45, 2.75) is 31.9 Å². The van der Waals surface area contributed by atoms with Gasteiger partial charge >= 0.3 is 12.1 Å². The molecule has 0 unspecified atom stereocenters. The molecule has 9 nitrogen and oxygen atoms in total. The number of halogens is 1. The van der Waals surface area contributed by atoms with Gasteiger partial charge in [0, 0.05) is 37.0 Å². The standard InChI is InChI=1S/C24H23FN4O5/c25-17-4-1-15(2-5-17)16-3-6-21(26-12-16)29-8-7-24(14-29)10-18(11-24)27-23(32)33-13-19-9-20(22(30)31)28-34-19/h1-6,9,12,18H,7-8,10-11,13-14H2,(H,27,32)(H,30,31). The predicted octanol–water partition coefficient (Wildman–Crippen LogP) is 3.86. The van der Waals surface area contributed by atoms with Crippen LogP contribution in [0.2, 0.25) is 0 Å². The molecule has 10 heteroatoms. The highest BCUT2D eigenvalue weighted by Crippen LogP contribution is 2.49. The highest BCUT2D eigenvalue weighted by Gasteiger charge is 2.49. The van der Waals surface area contributed by atoms with Gasteiger partial charge in [-0.2, -0.15) is 0 Å². The summed E-state index contributed by atoms with van der Waals surface area (Å²) in [5, 5.41) is 15.1. The minimum absolute atomic E-state index is 0.0329. The molecule has 2 aromatic heterocycles. The summed E-state index contributed by atoms with van der Waals surface area (Å²) in [6.07, 6.45) is 3.98. The van der Waals surface area contributed by atoms with E-state index >= 15 is 0 Å². The number of benzene rings is 1. The number of alkyl carbamates (subject to hydrolysis) is 1. The highest BCUT2D eigenvalue weighted by molar-refractivity contribution is 5.85. The maximum Gasteiger partial charge on any atom is 0.407 e. The van der Waals surface area contributed by atoms with Crippen LogP contribution < -0.4 is 10.2 Å². The summed E-state index contributed by atoms with van der Waals surface area (Å²) >= 11 is 0. The fourth-order valence-electron chi connectivity index (χ4n) is 4.76. The molecule has 5 rings (SSSR count).